The van der Waals surface area contributed by atoms with Crippen LogP contribution < -0.4 is 10.5 Å². The summed E-state index contributed by atoms with van der Waals surface area (Å²) in [6.07, 6.45) is 4.49. The van der Waals surface area contributed by atoms with Gasteiger partial charge in [0.2, 0.25) is 0 Å². The molecule has 0 aliphatic heterocycles. The molecule has 146 valence electrons. The Morgan fingerprint density at radius 3 is 2.54 bits per heavy atom. The van der Waals surface area contributed by atoms with E-state index in [0.29, 0.717) is 12.2 Å². The van der Waals surface area contributed by atoms with Crippen molar-refractivity contribution in [1.29, 1.82) is 0 Å². The van der Waals surface area contributed by atoms with Crippen LogP contribution in [0.15, 0.2) is 54.7 Å². The van der Waals surface area contributed by atoms with E-state index in [1.54, 1.807) is 18.3 Å². The molecule has 0 fully saturated rings. The largest absolute Gasteiger partial charge is 0.494 e. The molecule has 7 nitrogen and oxygen atoms in total. The molecule has 1 aromatic heterocycles. The Labute approximate surface area is 163 Å². The SMILES string of the molecule is CCCCOc1ccc(CC(N)c2ncc(-c3ccc([N+](=O)[O-])cc3)[nH]2)cc1. The van der Waals surface area contributed by atoms with Crippen molar-refractivity contribution in [2.24, 2.45) is 5.73 Å². The topological polar surface area (TPSA) is 107 Å². The van der Waals surface area contributed by atoms with Gasteiger partial charge in [-0.3, -0.25) is 10.1 Å². The summed E-state index contributed by atoms with van der Waals surface area (Å²) in [5.41, 5.74) is 9.06. The second-order valence-corrected chi connectivity index (χ2v) is 6.64. The van der Waals surface area contributed by atoms with Gasteiger partial charge in [0.25, 0.3) is 5.69 Å². The monoisotopic (exact) mass is 380 g/mol. The fourth-order valence-electron chi connectivity index (χ4n) is 2.84. The normalized spacial score (nSPS) is 11.9. The lowest BCUT2D eigenvalue weighted by Gasteiger charge is -2.10. The highest BCUT2D eigenvalue weighted by molar-refractivity contribution is 5.60. The number of nitrogens with one attached hydrogen (secondary N) is 1. The van der Waals surface area contributed by atoms with Gasteiger partial charge in [-0.05, 0) is 42.7 Å². The van der Waals surface area contributed by atoms with Gasteiger partial charge in [-0.15, -0.1) is 0 Å². The minimum atomic E-state index is -0.418. The minimum Gasteiger partial charge on any atom is -0.494 e. The molecule has 1 unspecified atom stereocenters. The number of ether oxygens (including phenoxy) is 1. The van der Waals surface area contributed by atoms with E-state index >= 15 is 0 Å². The summed E-state index contributed by atoms with van der Waals surface area (Å²) in [6.45, 7) is 2.86. The first-order valence-corrected chi connectivity index (χ1v) is 9.34. The predicted molar refractivity (Wildman–Crippen MR) is 108 cm³/mol. The first-order chi connectivity index (χ1) is 13.6. The van der Waals surface area contributed by atoms with Crippen molar-refractivity contribution in [2.45, 2.75) is 32.2 Å². The van der Waals surface area contributed by atoms with Gasteiger partial charge < -0.3 is 15.5 Å². The van der Waals surface area contributed by atoms with Crippen LogP contribution in [0.4, 0.5) is 5.69 Å². The number of nitro groups is 1. The average Bonchev–Trinajstić information content (AvgIpc) is 3.20. The van der Waals surface area contributed by atoms with Crippen LogP contribution in [-0.4, -0.2) is 21.5 Å². The van der Waals surface area contributed by atoms with E-state index in [0.717, 1.165) is 42.0 Å². The zero-order chi connectivity index (χ0) is 19.9. The third kappa shape index (κ3) is 4.95. The average molecular weight is 380 g/mol. The zero-order valence-electron chi connectivity index (χ0n) is 15.8. The highest BCUT2D eigenvalue weighted by Gasteiger charge is 2.13. The van der Waals surface area contributed by atoms with Gasteiger partial charge in [-0.2, -0.15) is 0 Å². The fourth-order valence-corrected chi connectivity index (χ4v) is 2.84. The van der Waals surface area contributed by atoms with Crippen LogP contribution in [0.2, 0.25) is 0 Å². The molecule has 28 heavy (non-hydrogen) atoms. The Hall–Kier alpha value is -3.19. The predicted octanol–water partition coefficient (Wildman–Crippen LogP) is 4.41. The smallest absolute Gasteiger partial charge is 0.269 e. The molecule has 3 rings (SSSR count). The summed E-state index contributed by atoms with van der Waals surface area (Å²) in [4.78, 5) is 17.9. The maximum atomic E-state index is 10.8. The molecular weight excluding hydrogens is 356 g/mol. The number of non-ortho nitro benzene ring substituents is 1. The van der Waals surface area contributed by atoms with Gasteiger partial charge in [0, 0.05) is 17.7 Å². The zero-order valence-corrected chi connectivity index (χ0v) is 15.8. The van der Waals surface area contributed by atoms with Crippen molar-refractivity contribution in [3.8, 4) is 17.0 Å². The number of imidazole rings is 1. The second-order valence-electron chi connectivity index (χ2n) is 6.64. The summed E-state index contributed by atoms with van der Waals surface area (Å²) in [5, 5.41) is 10.8. The highest BCUT2D eigenvalue weighted by Crippen LogP contribution is 2.23. The molecule has 0 aliphatic carbocycles. The maximum Gasteiger partial charge on any atom is 0.269 e. The van der Waals surface area contributed by atoms with Gasteiger partial charge in [0.1, 0.15) is 11.6 Å². The molecule has 7 heteroatoms. The lowest BCUT2D eigenvalue weighted by atomic mass is 10.1. The number of hydrogen-bond donors (Lipinski definition) is 2. The number of H-pyrrole nitrogens is 1. The maximum absolute atomic E-state index is 10.8. The molecule has 3 N–H and O–H groups in total. The van der Waals surface area contributed by atoms with E-state index in [4.69, 9.17) is 10.5 Å². The van der Waals surface area contributed by atoms with E-state index in [2.05, 4.69) is 16.9 Å². The Bertz CT molecular complexity index is 904. The Balaban J connectivity index is 1.62. The lowest BCUT2D eigenvalue weighted by molar-refractivity contribution is -0.384. The Morgan fingerprint density at radius 1 is 1.18 bits per heavy atom. The van der Waals surface area contributed by atoms with Crippen LogP contribution in [0.25, 0.3) is 11.3 Å². The summed E-state index contributed by atoms with van der Waals surface area (Å²) in [6, 6.07) is 14.0. The first-order valence-electron chi connectivity index (χ1n) is 9.34. The molecule has 0 spiro atoms. The summed E-state index contributed by atoms with van der Waals surface area (Å²) >= 11 is 0. The van der Waals surface area contributed by atoms with Gasteiger partial charge in [0.05, 0.1) is 29.5 Å². The van der Waals surface area contributed by atoms with Crippen LogP contribution in [-0.2, 0) is 6.42 Å². The molecular formula is C21H24N4O3. The quantitative estimate of drug-likeness (QED) is 0.325. The van der Waals surface area contributed by atoms with Gasteiger partial charge in [0.15, 0.2) is 0 Å². The molecule has 1 atom stereocenters. The minimum absolute atomic E-state index is 0.0577. The number of aromatic nitrogens is 2. The van der Waals surface area contributed by atoms with E-state index in [-0.39, 0.29) is 11.7 Å². The molecule has 0 saturated carbocycles. The van der Waals surface area contributed by atoms with Crippen molar-refractivity contribution >= 4 is 5.69 Å². The van der Waals surface area contributed by atoms with Crippen LogP contribution in [0.1, 0.15) is 37.2 Å². The number of nitrogens with zero attached hydrogens (tertiary/aromatic N) is 2. The molecule has 3 aromatic rings. The second kappa shape index (κ2) is 9.14. The molecule has 0 radical (unpaired) electrons. The first kappa shape index (κ1) is 19.6. The summed E-state index contributed by atoms with van der Waals surface area (Å²) in [5.74, 6) is 1.54. The molecule has 2 aromatic carbocycles. The highest BCUT2D eigenvalue weighted by atomic mass is 16.6. The van der Waals surface area contributed by atoms with Crippen LogP contribution in [0.5, 0.6) is 5.75 Å². The summed E-state index contributed by atoms with van der Waals surface area (Å²) < 4.78 is 5.67. The van der Waals surface area contributed by atoms with E-state index < -0.39 is 4.92 Å². The van der Waals surface area contributed by atoms with Crippen molar-refractivity contribution in [3.63, 3.8) is 0 Å². The number of aromatic amines is 1. The molecule has 1 heterocycles. The van der Waals surface area contributed by atoms with Gasteiger partial charge in [-0.1, -0.05) is 25.5 Å². The third-order valence-corrected chi connectivity index (χ3v) is 4.48. The number of nitro benzene ring substituents is 1. The van der Waals surface area contributed by atoms with Crippen molar-refractivity contribution in [2.75, 3.05) is 6.61 Å². The van der Waals surface area contributed by atoms with Crippen LogP contribution in [0.3, 0.4) is 0 Å². The number of unbranched alkanes of at least 4 members (excludes halogenated alkanes) is 1. The number of rotatable bonds is 9. The van der Waals surface area contributed by atoms with Crippen molar-refractivity contribution < 1.29 is 9.66 Å². The molecule has 0 amide bonds. The molecule has 0 aliphatic rings. The van der Waals surface area contributed by atoms with E-state index in [1.165, 1.54) is 12.1 Å². The molecule has 0 saturated heterocycles. The van der Waals surface area contributed by atoms with E-state index in [1.807, 2.05) is 24.3 Å². The van der Waals surface area contributed by atoms with Crippen LogP contribution >= 0.6 is 0 Å². The Morgan fingerprint density at radius 2 is 1.89 bits per heavy atom. The fraction of sp³-hybridized carbons (Fsp3) is 0.286. The van der Waals surface area contributed by atoms with E-state index in [9.17, 15) is 10.1 Å². The Kier molecular flexibility index (Phi) is 6.39. The van der Waals surface area contributed by atoms with Crippen LogP contribution in [0, 0.1) is 10.1 Å². The van der Waals surface area contributed by atoms with Crippen molar-refractivity contribution in [1.82, 2.24) is 9.97 Å². The number of nitrogens with two attached hydrogens (primary N) is 1. The third-order valence-electron chi connectivity index (χ3n) is 4.48. The van der Waals surface area contributed by atoms with Gasteiger partial charge in [-0.25, -0.2) is 4.98 Å². The van der Waals surface area contributed by atoms with Crippen molar-refractivity contribution in [3.05, 3.63) is 76.2 Å². The van der Waals surface area contributed by atoms with Gasteiger partial charge >= 0.3 is 0 Å². The standard InChI is InChI=1S/C21H24N4O3/c1-2-3-12-28-18-10-4-15(5-11-18)13-19(22)21-23-14-20(24-21)16-6-8-17(9-7-16)25(26)27/h4-11,14,19H,2-3,12-13,22H2,1H3,(H,23,24). The number of hydrogen-bond acceptors (Lipinski definition) is 5. The number of benzene rings is 2. The molecule has 0 bridgehead atoms. The summed E-state index contributed by atoms with van der Waals surface area (Å²) in [7, 11) is 0. The lowest BCUT2D eigenvalue weighted by Crippen LogP contribution is -2.15.